The van der Waals surface area contributed by atoms with Crippen LogP contribution >= 0.6 is 0 Å². The zero-order valence-corrected chi connectivity index (χ0v) is 8.32. The van der Waals surface area contributed by atoms with E-state index in [1.165, 1.54) is 0 Å². The van der Waals surface area contributed by atoms with Crippen molar-refractivity contribution in [1.29, 1.82) is 0 Å². The van der Waals surface area contributed by atoms with Crippen LogP contribution in [-0.2, 0) is 0 Å². The van der Waals surface area contributed by atoms with Crippen LogP contribution in [0.1, 0.15) is 0 Å². The van der Waals surface area contributed by atoms with Gasteiger partial charge in [-0.25, -0.2) is 0 Å². The summed E-state index contributed by atoms with van der Waals surface area (Å²) in [5.41, 5.74) is 0. The van der Waals surface area contributed by atoms with Gasteiger partial charge in [-0.3, -0.25) is 0 Å². The molecular weight excluding hydrogens is 223 g/mol. The maximum Gasteiger partial charge on any atom is 2.00 e. The van der Waals surface area contributed by atoms with Gasteiger partial charge >= 0.3 is 37.7 Å². The van der Waals surface area contributed by atoms with Crippen molar-refractivity contribution in [2.24, 2.45) is 0 Å². The van der Waals surface area contributed by atoms with E-state index in [1.807, 2.05) is 0 Å². The predicted molar refractivity (Wildman–Crippen MR) is 16.6 cm³/mol. The molecule has 7 nitrogen and oxygen atoms in total. The summed E-state index contributed by atoms with van der Waals surface area (Å²) in [4.78, 5) is 0. The smallest absolute Gasteiger partial charge is 0.544 e. The van der Waals surface area contributed by atoms with Crippen molar-refractivity contribution in [2.45, 2.75) is 0 Å². The van der Waals surface area contributed by atoms with Gasteiger partial charge in [-0.1, -0.05) is 0 Å². The normalized spacial score (nSPS) is 3.60. The molecule has 64 valence electrons. The second-order valence-electron chi connectivity index (χ2n) is 0.126. The molecule has 0 saturated carbocycles. The maximum absolute atomic E-state index is 8.24. The van der Waals surface area contributed by atoms with E-state index in [0.717, 1.165) is 0 Å². The summed E-state index contributed by atoms with van der Waals surface area (Å²) in [7, 11) is 0. The van der Waals surface area contributed by atoms with Crippen LogP contribution in [0.2, 0.25) is 0 Å². The van der Waals surface area contributed by atoms with Gasteiger partial charge in [-0.05, 0) is 0 Å². The molecule has 0 amide bonds. The Balaban J connectivity index is -0.00000000571. The van der Waals surface area contributed by atoms with Gasteiger partial charge in [0.15, 0.2) is 0 Å². The van der Waals surface area contributed by atoms with Crippen LogP contribution in [0.15, 0.2) is 0 Å². The fraction of sp³-hybridized carbons (Fsp3) is 0. The molecule has 10 heteroatoms. The topological polar surface area (TPSA) is 187 Å². The molecule has 0 aromatic carbocycles. The van der Waals surface area contributed by atoms with Crippen molar-refractivity contribution in [3.05, 3.63) is 0 Å². The Morgan fingerprint density at radius 3 is 0.600 bits per heavy atom. The molecule has 0 atom stereocenters. The number of halogens is 2. The minimum absolute atomic E-state index is 0. The van der Waals surface area contributed by atoms with Crippen molar-refractivity contribution in [1.82, 2.24) is 0 Å². The fourth-order valence-corrected chi connectivity index (χ4v) is 0. The van der Waals surface area contributed by atoms with Gasteiger partial charge in [0, 0.05) is 0 Å². The summed E-state index contributed by atoms with van der Waals surface area (Å²) >= 11 is -0.833. The molecule has 0 unspecified atom stereocenters. The molecule has 0 radical (unpaired) electrons. The van der Waals surface area contributed by atoms with Gasteiger partial charge in [0.2, 0.25) is 0 Å². The van der Waals surface area contributed by atoms with Crippen molar-refractivity contribution in [3.8, 4) is 0 Å². The standard InChI is InChI=1S/Ca.2ClO2.3H2O/c;2*2-1-3;;;/h;;;3*1H2/q+2;2*-1;;;. The second-order valence-corrected chi connectivity index (χ2v) is 0.378. The molecule has 0 aliphatic carbocycles. The summed E-state index contributed by atoms with van der Waals surface area (Å²) in [5, 5.41) is 0. The number of rotatable bonds is 0. The maximum atomic E-state index is 8.24. The first-order valence-corrected chi connectivity index (χ1v) is 1.85. The molecule has 0 heterocycles. The molecule has 0 bridgehead atoms. The number of hydrogen-bond donors (Lipinski definition) is 0. The zero-order chi connectivity index (χ0) is 5.41. The molecule has 0 spiro atoms. The van der Waals surface area contributed by atoms with Crippen molar-refractivity contribution >= 4 is 37.7 Å². The molecule has 0 aromatic rings. The van der Waals surface area contributed by atoms with Crippen LogP contribution in [0.3, 0.4) is 0 Å². The SMILES string of the molecule is O.O.O.[Ca+2].[O-][Cl+][O-].[O-][Cl+][O-]. The molecule has 10 heavy (non-hydrogen) atoms. The first-order chi connectivity index (χ1) is 2.83. The van der Waals surface area contributed by atoms with Crippen molar-refractivity contribution in [2.75, 3.05) is 0 Å². The zero-order valence-electron chi connectivity index (χ0n) is 4.60. The van der Waals surface area contributed by atoms with E-state index < -0.39 is 22.7 Å². The average molecular weight is 229 g/mol. The minimum Gasteiger partial charge on any atom is -0.544 e. The molecule has 6 N–H and O–H groups in total. The van der Waals surface area contributed by atoms with E-state index in [-0.39, 0.29) is 54.2 Å². The van der Waals surface area contributed by atoms with Gasteiger partial charge < -0.3 is 35.1 Å². The summed E-state index contributed by atoms with van der Waals surface area (Å²) in [5.74, 6) is 0. The second kappa shape index (κ2) is 76.2. The van der Waals surface area contributed by atoms with E-state index >= 15 is 0 Å². The van der Waals surface area contributed by atoms with Crippen LogP contribution in [-0.4, -0.2) is 54.2 Å². The molecular formula is H6CaCl2O7. The van der Waals surface area contributed by atoms with Crippen LogP contribution < -0.4 is 18.6 Å². The van der Waals surface area contributed by atoms with E-state index in [4.69, 9.17) is 18.6 Å². The summed E-state index contributed by atoms with van der Waals surface area (Å²) < 4.78 is 32.9. The third-order valence-corrected chi connectivity index (χ3v) is 0. The summed E-state index contributed by atoms with van der Waals surface area (Å²) in [6.07, 6.45) is 0. The van der Waals surface area contributed by atoms with Crippen molar-refractivity contribution in [3.63, 3.8) is 0 Å². The van der Waals surface area contributed by atoms with Crippen molar-refractivity contribution < 1.29 is 57.7 Å². The Labute approximate surface area is 94.7 Å². The third kappa shape index (κ3) is 288. The molecule has 0 saturated heterocycles. The van der Waals surface area contributed by atoms with Crippen LogP contribution in [0.25, 0.3) is 0 Å². The van der Waals surface area contributed by atoms with Gasteiger partial charge in [-0.15, -0.1) is 0 Å². The van der Waals surface area contributed by atoms with Gasteiger partial charge in [0.25, 0.3) is 0 Å². The molecule has 0 rings (SSSR count). The van der Waals surface area contributed by atoms with Gasteiger partial charge in [0.1, 0.15) is 0 Å². The number of hydrogen-bond acceptors (Lipinski definition) is 4. The summed E-state index contributed by atoms with van der Waals surface area (Å²) in [6.45, 7) is 0. The first kappa shape index (κ1) is 41.7. The van der Waals surface area contributed by atoms with E-state index in [1.54, 1.807) is 0 Å². The average Bonchev–Trinajstić information content (AvgIpc) is 1.39. The largest absolute Gasteiger partial charge is 2.00 e. The Kier molecular flexibility index (Phi) is 318. The molecule has 0 fully saturated rings. The predicted octanol–water partition coefficient (Wildman–Crippen LogP) is -7.61. The quantitative estimate of drug-likeness (QED) is 0.373. The van der Waals surface area contributed by atoms with Gasteiger partial charge in [-0.2, -0.15) is 0 Å². The third-order valence-electron chi connectivity index (χ3n) is 0. The molecule has 0 aliphatic heterocycles. The summed E-state index contributed by atoms with van der Waals surface area (Å²) in [6, 6.07) is 0. The van der Waals surface area contributed by atoms with Crippen LogP contribution in [0, 0.1) is 22.7 Å². The van der Waals surface area contributed by atoms with E-state index in [0.29, 0.717) is 0 Å². The minimum atomic E-state index is -0.417. The van der Waals surface area contributed by atoms with E-state index in [2.05, 4.69) is 0 Å². The monoisotopic (exact) mass is 228 g/mol. The Hall–Kier alpha value is 1.56. The Morgan fingerprint density at radius 1 is 0.600 bits per heavy atom. The Bertz CT molecular complexity index is 13.6. The molecule has 0 aliphatic rings. The van der Waals surface area contributed by atoms with Crippen LogP contribution in [0.4, 0.5) is 0 Å². The Morgan fingerprint density at radius 2 is 0.600 bits per heavy atom. The molecule has 0 aromatic heterocycles. The first-order valence-electron chi connectivity index (χ1n) is 0.617. The van der Waals surface area contributed by atoms with Crippen LogP contribution in [0.5, 0.6) is 0 Å². The van der Waals surface area contributed by atoms with E-state index in [9.17, 15) is 0 Å². The fourth-order valence-electron chi connectivity index (χ4n) is 0. The van der Waals surface area contributed by atoms with Gasteiger partial charge in [0.05, 0.1) is 22.7 Å².